The lowest BCUT2D eigenvalue weighted by Crippen LogP contribution is -2.41. The van der Waals surface area contributed by atoms with Crippen molar-refractivity contribution in [2.75, 3.05) is 57.2 Å². The number of nitrogens with one attached hydrogen (secondary N) is 1. The van der Waals surface area contributed by atoms with E-state index in [0.29, 0.717) is 30.6 Å². The summed E-state index contributed by atoms with van der Waals surface area (Å²) in [5.74, 6) is 2.78. The molecule has 1 N–H and O–H groups in total. The molecule has 0 unspecified atom stereocenters. The molecule has 2 fully saturated rings. The monoisotopic (exact) mass is 523 g/mol. The van der Waals surface area contributed by atoms with E-state index in [9.17, 15) is 0 Å². The van der Waals surface area contributed by atoms with E-state index >= 15 is 0 Å². The minimum atomic E-state index is 0.353. The molecular formula is C32H49N3O3. The number of methoxy groups -OCH3 is 2. The summed E-state index contributed by atoms with van der Waals surface area (Å²) in [6.07, 6.45) is 4.70. The second-order valence-electron chi connectivity index (χ2n) is 11.5. The Hall–Kier alpha value is -2.44. The first-order valence-electron chi connectivity index (χ1n) is 14.5. The van der Waals surface area contributed by atoms with Gasteiger partial charge in [0.25, 0.3) is 0 Å². The van der Waals surface area contributed by atoms with Crippen molar-refractivity contribution in [1.82, 2.24) is 5.32 Å². The summed E-state index contributed by atoms with van der Waals surface area (Å²) in [6, 6.07) is 11.9. The highest BCUT2D eigenvalue weighted by molar-refractivity contribution is 5.66. The number of benzene rings is 2. The van der Waals surface area contributed by atoms with Gasteiger partial charge in [-0.3, -0.25) is 0 Å². The maximum Gasteiger partial charge on any atom is 0.143 e. The van der Waals surface area contributed by atoms with Crippen LogP contribution < -0.4 is 24.6 Å². The van der Waals surface area contributed by atoms with Crippen molar-refractivity contribution in [2.24, 2.45) is 0 Å². The van der Waals surface area contributed by atoms with Gasteiger partial charge in [-0.15, -0.1) is 0 Å². The zero-order valence-corrected chi connectivity index (χ0v) is 24.7. The zero-order valence-electron chi connectivity index (χ0n) is 24.7. The maximum absolute atomic E-state index is 6.76. The molecule has 0 saturated carbocycles. The van der Waals surface area contributed by atoms with Gasteiger partial charge >= 0.3 is 0 Å². The predicted molar refractivity (Wildman–Crippen MR) is 158 cm³/mol. The fourth-order valence-electron chi connectivity index (χ4n) is 5.79. The average Bonchev–Trinajstić information content (AvgIpc) is 2.95. The van der Waals surface area contributed by atoms with Crippen LogP contribution in [0.15, 0.2) is 30.3 Å². The minimum absolute atomic E-state index is 0.353. The minimum Gasteiger partial charge on any atom is -0.495 e. The SMILES string of the molecule is CNC1CCN(c2c(COc3cc(C(C)C)ccc3N3CCC(OC)CC3)cc(C(C)C)cc2OC)CC1. The van der Waals surface area contributed by atoms with Gasteiger partial charge in [0.15, 0.2) is 0 Å². The van der Waals surface area contributed by atoms with Crippen LogP contribution in [0.25, 0.3) is 0 Å². The molecule has 0 spiro atoms. The summed E-state index contributed by atoms with van der Waals surface area (Å²) in [6.45, 7) is 13.5. The van der Waals surface area contributed by atoms with Gasteiger partial charge in [-0.2, -0.15) is 0 Å². The predicted octanol–water partition coefficient (Wildman–Crippen LogP) is 6.32. The molecule has 0 aliphatic carbocycles. The highest BCUT2D eigenvalue weighted by atomic mass is 16.5. The molecule has 0 amide bonds. The molecule has 210 valence electrons. The van der Waals surface area contributed by atoms with Crippen LogP contribution in [0.4, 0.5) is 11.4 Å². The second kappa shape index (κ2) is 13.1. The Labute approximate surface area is 230 Å². The number of hydrogen-bond acceptors (Lipinski definition) is 6. The smallest absolute Gasteiger partial charge is 0.143 e. The molecule has 0 bridgehead atoms. The number of ether oxygens (including phenoxy) is 3. The molecule has 2 saturated heterocycles. The van der Waals surface area contributed by atoms with Crippen molar-refractivity contribution in [3.63, 3.8) is 0 Å². The Kier molecular flexibility index (Phi) is 9.83. The van der Waals surface area contributed by atoms with Crippen molar-refractivity contribution in [1.29, 1.82) is 0 Å². The summed E-state index contributed by atoms with van der Waals surface area (Å²) in [5, 5.41) is 3.45. The third kappa shape index (κ3) is 6.58. The summed E-state index contributed by atoms with van der Waals surface area (Å²) in [4.78, 5) is 4.96. The Morgan fingerprint density at radius 2 is 1.45 bits per heavy atom. The molecule has 2 aliphatic rings. The van der Waals surface area contributed by atoms with Gasteiger partial charge in [0.05, 0.1) is 24.6 Å². The third-order valence-corrected chi connectivity index (χ3v) is 8.43. The first kappa shape index (κ1) is 28.6. The van der Waals surface area contributed by atoms with Crippen LogP contribution in [0, 0.1) is 0 Å². The molecule has 6 heteroatoms. The molecule has 2 aliphatic heterocycles. The van der Waals surface area contributed by atoms with E-state index in [1.807, 2.05) is 7.11 Å². The van der Waals surface area contributed by atoms with Crippen LogP contribution in [0.2, 0.25) is 0 Å². The summed E-state index contributed by atoms with van der Waals surface area (Å²) in [7, 11) is 5.69. The molecule has 4 rings (SSSR count). The van der Waals surface area contributed by atoms with Crippen LogP contribution in [-0.2, 0) is 11.3 Å². The first-order valence-corrected chi connectivity index (χ1v) is 14.5. The molecule has 0 atom stereocenters. The van der Waals surface area contributed by atoms with E-state index in [1.54, 1.807) is 7.11 Å². The lowest BCUT2D eigenvalue weighted by atomic mass is 9.97. The number of rotatable bonds is 10. The highest BCUT2D eigenvalue weighted by Gasteiger charge is 2.26. The van der Waals surface area contributed by atoms with E-state index in [-0.39, 0.29) is 0 Å². The summed E-state index contributed by atoms with van der Waals surface area (Å²) >= 11 is 0. The molecule has 0 radical (unpaired) electrons. The van der Waals surface area contributed by atoms with Gasteiger partial charge < -0.3 is 29.3 Å². The highest BCUT2D eigenvalue weighted by Crippen LogP contribution is 2.40. The largest absolute Gasteiger partial charge is 0.495 e. The van der Waals surface area contributed by atoms with Crippen LogP contribution in [0.1, 0.15) is 81.9 Å². The molecule has 0 aromatic heterocycles. The van der Waals surface area contributed by atoms with E-state index in [1.165, 1.54) is 28.1 Å². The maximum atomic E-state index is 6.76. The Morgan fingerprint density at radius 3 is 2.03 bits per heavy atom. The van der Waals surface area contributed by atoms with Crippen LogP contribution in [-0.4, -0.2) is 59.6 Å². The Bertz CT molecular complexity index is 1040. The van der Waals surface area contributed by atoms with Crippen molar-refractivity contribution in [3.8, 4) is 11.5 Å². The van der Waals surface area contributed by atoms with Crippen LogP contribution in [0.5, 0.6) is 11.5 Å². The van der Waals surface area contributed by atoms with Crippen LogP contribution >= 0.6 is 0 Å². The fourth-order valence-corrected chi connectivity index (χ4v) is 5.79. The van der Waals surface area contributed by atoms with Crippen LogP contribution in [0.3, 0.4) is 0 Å². The number of anilines is 2. The molecule has 38 heavy (non-hydrogen) atoms. The molecular weight excluding hydrogens is 474 g/mol. The van der Waals surface area contributed by atoms with Gasteiger partial charge in [0.2, 0.25) is 0 Å². The average molecular weight is 524 g/mol. The van der Waals surface area contributed by atoms with Crippen molar-refractivity contribution in [3.05, 3.63) is 47.0 Å². The van der Waals surface area contributed by atoms with Gasteiger partial charge in [-0.25, -0.2) is 0 Å². The first-order chi connectivity index (χ1) is 18.3. The number of hydrogen-bond donors (Lipinski definition) is 1. The van der Waals surface area contributed by atoms with E-state index in [2.05, 4.69) is 80.2 Å². The molecule has 2 heterocycles. The Morgan fingerprint density at radius 1 is 0.816 bits per heavy atom. The second-order valence-corrected chi connectivity index (χ2v) is 11.5. The molecule has 2 aromatic carbocycles. The van der Waals surface area contributed by atoms with Gasteiger partial charge in [0.1, 0.15) is 18.1 Å². The topological polar surface area (TPSA) is 46.2 Å². The van der Waals surface area contributed by atoms with Gasteiger partial charge in [-0.05, 0) is 80.0 Å². The number of nitrogens with zero attached hydrogens (tertiary/aromatic N) is 2. The van der Waals surface area contributed by atoms with Crippen molar-refractivity contribution in [2.45, 2.75) is 84.0 Å². The number of piperidine rings is 2. The normalized spacial score (nSPS) is 17.5. The zero-order chi connectivity index (χ0) is 27.2. The van der Waals surface area contributed by atoms with Gasteiger partial charge in [0, 0.05) is 44.9 Å². The van der Waals surface area contributed by atoms with Crippen molar-refractivity contribution < 1.29 is 14.2 Å². The van der Waals surface area contributed by atoms with E-state index in [4.69, 9.17) is 14.2 Å². The molecule has 2 aromatic rings. The standard InChI is InChI=1S/C32H49N3O3/c1-22(2)24-8-9-29(34-16-12-28(36-6)13-17-34)30(19-24)38-21-26-18-25(23(3)4)20-31(37-7)32(26)35-14-10-27(33-5)11-15-35/h8-9,18-20,22-23,27-28,33H,10-17,21H2,1-7H3. The van der Waals surface area contributed by atoms with Gasteiger partial charge in [-0.1, -0.05) is 33.8 Å². The fraction of sp³-hybridized carbons (Fsp3) is 0.625. The van der Waals surface area contributed by atoms with E-state index < -0.39 is 0 Å². The lowest BCUT2D eigenvalue weighted by molar-refractivity contribution is 0.0818. The molecule has 6 nitrogen and oxygen atoms in total. The third-order valence-electron chi connectivity index (χ3n) is 8.43. The Balaban J connectivity index is 1.66. The quantitative estimate of drug-likeness (QED) is 0.393. The summed E-state index contributed by atoms with van der Waals surface area (Å²) in [5.41, 5.74) is 6.17. The van der Waals surface area contributed by atoms with Crippen molar-refractivity contribution >= 4 is 11.4 Å². The summed E-state index contributed by atoms with van der Waals surface area (Å²) < 4.78 is 18.4. The van der Waals surface area contributed by atoms with E-state index in [0.717, 1.165) is 63.4 Å². The lowest BCUT2D eigenvalue weighted by Gasteiger charge is -2.36.